The summed E-state index contributed by atoms with van der Waals surface area (Å²) < 4.78 is 2.08. The number of aromatic nitrogens is 6. The molecule has 1 N–H and O–H groups in total. The Morgan fingerprint density at radius 2 is 2.17 bits per heavy atom. The molecule has 1 saturated heterocycles. The molecule has 4 heterocycles. The van der Waals surface area contributed by atoms with Crippen LogP contribution in [0.2, 0.25) is 0 Å². The number of hydrogen-bond acceptors (Lipinski definition) is 5. The molecule has 126 valence electrons. The maximum absolute atomic E-state index is 4.62. The van der Waals surface area contributed by atoms with Gasteiger partial charge in [-0.3, -0.25) is 0 Å². The summed E-state index contributed by atoms with van der Waals surface area (Å²) in [6.07, 6.45) is 6.93. The van der Waals surface area contributed by atoms with Crippen molar-refractivity contribution in [3.05, 3.63) is 29.7 Å². The van der Waals surface area contributed by atoms with Gasteiger partial charge in [0.2, 0.25) is 0 Å². The fraction of sp³-hybridized carbons (Fsp3) is 0.529. The zero-order valence-corrected chi connectivity index (χ0v) is 14.5. The van der Waals surface area contributed by atoms with E-state index < -0.39 is 0 Å². The molecule has 1 unspecified atom stereocenters. The summed E-state index contributed by atoms with van der Waals surface area (Å²) in [4.78, 5) is 19.1. The van der Waals surface area contributed by atoms with Crippen molar-refractivity contribution in [2.75, 3.05) is 18.0 Å². The highest BCUT2D eigenvalue weighted by atomic mass is 15.4. The molecule has 0 amide bonds. The minimum Gasteiger partial charge on any atom is -0.354 e. The van der Waals surface area contributed by atoms with E-state index >= 15 is 0 Å². The Balaban J connectivity index is 1.70. The number of fused-ring (bicyclic) bond motifs is 1. The first-order chi connectivity index (χ1) is 11.7. The lowest BCUT2D eigenvalue weighted by molar-refractivity contribution is 0.367. The largest absolute Gasteiger partial charge is 0.354 e. The van der Waals surface area contributed by atoms with E-state index in [1.165, 1.54) is 5.56 Å². The Kier molecular flexibility index (Phi) is 3.70. The fourth-order valence-electron chi connectivity index (χ4n) is 3.76. The number of nitrogens with zero attached hydrogens (tertiary/aromatic N) is 6. The van der Waals surface area contributed by atoms with E-state index in [9.17, 15) is 0 Å². The first-order valence-corrected chi connectivity index (χ1v) is 8.63. The van der Waals surface area contributed by atoms with E-state index in [1.54, 1.807) is 6.33 Å². The molecule has 1 fully saturated rings. The second kappa shape index (κ2) is 5.89. The Bertz CT molecular complexity index is 863. The predicted octanol–water partition coefficient (Wildman–Crippen LogP) is 2.57. The van der Waals surface area contributed by atoms with Gasteiger partial charge in [0.25, 0.3) is 0 Å². The van der Waals surface area contributed by atoms with Crippen LogP contribution in [-0.4, -0.2) is 42.8 Å². The standard InChI is InChI=1S/C17H23N7/c1-4-13-8-18-16-15(13)17(20-10-19-16)23-7-5-6-14(9-23)24-12(3)21-11(2)22-24/h8,10,14H,4-7,9H2,1-3H3,(H,18,19,20). The molecule has 7 nitrogen and oxygen atoms in total. The molecule has 1 aliphatic heterocycles. The van der Waals surface area contributed by atoms with E-state index in [1.807, 2.05) is 13.8 Å². The van der Waals surface area contributed by atoms with Crippen molar-refractivity contribution >= 4 is 16.9 Å². The summed E-state index contributed by atoms with van der Waals surface area (Å²) in [5.74, 6) is 2.87. The van der Waals surface area contributed by atoms with Crippen LogP contribution in [0.1, 0.15) is 43.0 Å². The fourth-order valence-corrected chi connectivity index (χ4v) is 3.76. The van der Waals surface area contributed by atoms with Crippen molar-refractivity contribution < 1.29 is 0 Å². The number of H-pyrrole nitrogens is 1. The van der Waals surface area contributed by atoms with Crippen LogP contribution < -0.4 is 4.90 Å². The quantitative estimate of drug-likeness (QED) is 0.801. The zero-order chi connectivity index (χ0) is 16.7. The lowest BCUT2D eigenvalue weighted by Gasteiger charge is -2.34. The molecular formula is C17H23N7. The molecule has 0 saturated carbocycles. The van der Waals surface area contributed by atoms with E-state index in [-0.39, 0.29) is 0 Å². The molecule has 0 bridgehead atoms. The third kappa shape index (κ3) is 2.44. The second-order valence-corrected chi connectivity index (χ2v) is 6.48. The van der Waals surface area contributed by atoms with Crippen LogP contribution in [0, 0.1) is 13.8 Å². The topological polar surface area (TPSA) is 75.5 Å². The maximum Gasteiger partial charge on any atom is 0.147 e. The Morgan fingerprint density at radius 1 is 1.29 bits per heavy atom. The molecule has 3 aromatic rings. The molecule has 24 heavy (non-hydrogen) atoms. The summed E-state index contributed by atoms with van der Waals surface area (Å²) in [7, 11) is 0. The zero-order valence-electron chi connectivity index (χ0n) is 14.5. The summed E-state index contributed by atoms with van der Waals surface area (Å²) >= 11 is 0. The number of hydrogen-bond donors (Lipinski definition) is 1. The van der Waals surface area contributed by atoms with Crippen molar-refractivity contribution in [1.82, 2.24) is 29.7 Å². The lowest BCUT2D eigenvalue weighted by atomic mass is 10.0. The highest BCUT2D eigenvalue weighted by molar-refractivity contribution is 5.90. The van der Waals surface area contributed by atoms with Crippen molar-refractivity contribution in [3.8, 4) is 0 Å². The highest BCUT2D eigenvalue weighted by Gasteiger charge is 2.26. The molecule has 4 rings (SSSR count). The van der Waals surface area contributed by atoms with Crippen molar-refractivity contribution in [2.24, 2.45) is 0 Å². The minimum absolute atomic E-state index is 0.342. The van der Waals surface area contributed by atoms with Gasteiger partial charge in [-0.05, 0) is 38.7 Å². The van der Waals surface area contributed by atoms with Crippen LogP contribution in [0.15, 0.2) is 12.5 Å². The van der Waals surface area contributed by atoms with Crippen molar-refractivity contribution in [1.29, 1.82) is 0 Å². The lowest BCUT2D eigenvalue weighted by Crippen LogP contribution is -2.38. The molecule has 3 aromatic heterocycles. The van der Waals surface area contributed by atoms with Gasteiger partial charge < -0.3 is 9.88 Å². The van der Waals surface area contributed by atoms with Gasteiger partial charge in [0.1, 0.15) is 29.4 Å². The van der Waals surface area contributed by atoms with Gasteiger partial charge in [-0.25, -0.2) is 19.6 Å². The van der Waals surface area contributed by atoms with Crippen LogP contribution in [0.3, 0.4) is 0 Å². The smallest absolute Gasteiger partial charge is 0.147 e. The monoisotopic (exact) mass is 325 g/mol. The van der Waals surface area contributed by atoms with Gasteiger partial charge in [-0.1, -0.05) is 6.92 Å². The van der Waals surface area contributed by atoms with Crippen LogP contribution in [0.25, 0.3) is 11.0 Å². The van der Waals surface area contributed by atoms with E-state index in [2.05, 4.69) is 47.7 Å². The third-order valence-electron chi connectivity index (χ3n) is 4.86. The first-order valence-electron chi connectivity index (χ1n) is 8.63. The molecule has 1 aliphatic rings. The second-order valence-electron chi connectivity index (χ2n) is 6.48. The Labute approximate surface area is 141 Å². The van der Waals surface area contributed by atoms with E-state index in [0.29, 0.717) is 6.04 Å². The number of piperidine rings is 1. The number of nitrogens with one attached hydrogen (secondary N) is 1. The SMILES string of the molecule is CCc1c[nH]c2ncnc(N3CCCC(n4nc(C)nc4C)C3)c12. The van der Waals surface area contributed by atoms with Crippen LogP contribution in [0.5, 0.6) is 0 Å². The highest BCUT2D eigenvalue weighted by Crippen LogP contribution is 2.31. The van der Waals surface area contributed by atoms with Gasteiger partial charge in [-0.2, -0.15) is 5.10 Å². The van der Waals surface area contributed by atoms with E-state index in [0.717, 1.165) is 60.9 Å². The molecule has 1 atom stereocenters. The molecule has 0 aliphatic carbocycles. The Hall–Kier alpha value is -2.44. The minimum atomic E-state index is 0.342. The predicted molar refractivity (Wildman–Crippen MR) is 93.2 cm³/mol. The molecule has 0 aromatic carbocycles. The molecular weight excluding hydrogens is 302 g/mol. The van der Waals surface area contributed by atoms with Gasteiger partial charge in [-0.15, -0.1) is 0 Å². The van der Waals surface area contributed by atoms with Crippen LogP contribution in [0.4, 0.5) is 5.82 Å². The summed E-state index contributed by atoms with van der Waals surface area (Å²) in [5.41, 5.74) is 2.20. The molecule has 0 spiro atoms. The average molecular weight is 325 g/mol. The average Bonchev–Trinajstić information content (AvgIpc) is 3.17. The third-order valence-corrected chi connectivity index (χ3v) is 4.86. The number of aromatic amines is 1. The summed E-state index contributed by atoms with van der Waals surface area (Å²) in [6, 6.07) is 0.342. The van der Waals surface area contributed by atoms with E-state index in [4.69, 9.17) is 0 Å². The van der Waals surface area contributed by atoms with Crippen molar-refractivity contribution in [2.45, 2.75) is 46.1 Å². The first kappa shape index (κ1) is 15.1. The number of rotatable bonds is 3. The van der Waals surface area contributed by atoms with Gasteiger partial charge in [0, 0.05) is 19.3 Å². The van der Waals surface area contributed by atoms with Gasteiger partial charge in [0.15, 0.2) is 0 Å². The van der Waals surface area contributed by atoms with Crippen molar-refractivity contribution in [3.63, 3.8) is 0 Å². The maximum atomic E-state index is 4.62. The van der Waals surface area contributed by atoms with Crippen LogP contribution in [-0.2, 0) is 6.42 Å². The van der Waals surface area contributed by atoms with Gasteiger partial charge >= 0.3 is 0 Å². The normalized spacial score (nSPS) is 18.5. The van der Waals surface area contributed by atoms with Crippen LogP contribution >= 0.6 is 0 Å². The molecule has 0 radical (unpaired) electrons. The molecule has 7 heteroatoms. The Morgan fingerprint density at radius 3 is 2.92 bits per heavy atom. The number of aryl methyl sites for hydroxylation is 3. The number of anilines is 1. The summed E-state index contributed by atoms with van der Waals surface area (Å²) in [6.45, 7) is 8.07. The van der Waals surface area contributed by atoms with Gasteiger partial charge in [0.05, 0.1) is 11.4 Å². The summed E-state index contributed by atoms with van der Waals surface area (Å²) in [5, 5.41) is 5.75.